The molecular weight excluding hydrogens is 406 g/mol. The molecule has 2 heterocycles. The highest BCUT2D eigenvalue weighted by molar-refractivity contribution is 7.20. The molecule has 30 heavy (non-hydrogen) atoms. The van der Waals surface area contributed by atoms with E-state index in [0.29, 0.717) is 46.1 Å². The van der Waals surface area contributed by atoms with Gasteiger partial charge in [-0.05, 0) is 53.7 Å². The molecule has 0 aliphatic heterocycles. The van der Waals surface area contributed by atoms with E-state index in [9.17, 15) is 14.7 Å². The number of aliphatic hydroxyl groups excluding tert-OH is 1. The smallest absolute Gasteiger partial charge is 0.348 e. The van der Waals surface area contributed by atoms with Gasteiger partial charge >= 0.3 is 5.97 Å². The minimum atomic E-state index is -0.652. The Kier molecular flexibility index (Phi) is 8.15. The summed E-state index contributed by atoms with van der Waals surface area (Å²) in [4.78, 5) is 35.2. The number of likely N-dealkylation sites (N-methyl/N-ethyl adjacent to an activating group) is 1. The highest BCUT2D eigenvalue weighted by atomic mass is 32.1. The third kappa shape index (κ3) is 6.60. The van der Waals surface area contributed by atoms with Crippen LogP contribution in [0, 0.1) is 6.92 Å². The number of aryl methyl sites for hydroxylation is 1. The van der Waals surface area contributed by atoms with Crippen molar-refractivity contribution in [1.29, 1.82) is 0 Å². The summed E-state index contributed by atoms with van der Waals surface area (Å²) in [5.74, 6) is 0.0481. The Morgan fingerprint density at radius 3 is 2.57 bits per heavy atom. The van der Waals surface area contributed by atoms with Crippen LogP contribution >= 0.6 is 11.3 Å². The van der Waals surface area contributed by atoms with Gasteiger partial charge in [0.15, 0.2) is 0 Å². The van der Waals surface area contributed by atoms with E-state index in [-0.39, 0.29) is 23.9 Å². The van der Waals surface area contributed by atoms with Gasteiger partial charge < -0.3 is 19.6 Å². The van der Waals surface area contributed by atoms with Gasteiger partial charge in [0.05, 0.1) is 36.3 Å². The number of hydrogen-bond acceptors (Lipinski definition) is 8. The van der Waals surface area contributed by atoms with E-state index in [1.54, 1.807) is 20.8 Å². The predicted molar refractivity (Wildman–Crippen MR) is 118 cm³/mol. The molecule has 0 spiro atoms. The highest BCUT2D eigenvalue weighted by Crippen LogP contribution is 2.28. The van der Waals surface area contributed by atoms with Crippen molar-refractivity contribution in [2.24, 2.45) is 0 Å². The first-order valence-electron chi connectivity index (χ1n) is 10.2. The van der Waals surface area contributed by atoms with E-state index in [1.807, 2.05) is 32.6 Å². The topological polar surface area (TPSA) is 105 Å². The lowest BCUT2D eigenvalue weighted by atomic mass is 10.2. The maximum Gasteiger partial charge on any atom is 0.348 e. The summed E-state index contributed by atoms with van der Waals surface area (Å²) in [6.07, 6.45) is -0.892. The van der Waals surface area contributed by atoms with Gasteiger partial charge in [-0.1, -0.05) is 6.92 Å². The third-order valence-electron chi connectivity index (χ3n) is 4.38. The number of nitrogens with one attached hydrogen (secondary N) is 1. The molecule has 1 atom stereocenters. The fourth-order valence-corrected chi connectivity index (χ4v) is 4.02. The number of thiophene rings is 1. The Morgan fingerprint density at radius 1 is 1.33 bits per heavy atom. The lowest BCUT2D eigenvalue weighted by Gasteiger charge is -2.26. The molecule has 0 saturated heterocycles. The average molecular weight is 440 g/mol. The molecular formula is C21H33N3O5S. The van der Waals surface area contributed by atoms with Gasteiger partial charge in [-0.15, -0.1) is 11.3 Å². The van der Waals surface area contributed by atoms with Crippen LogP contribution in [-0.4, -0.2) is 63.4 Å². The van der Waals surface area contributed by atoms with Gasteiger partial charge in [0.2, 0.25) is 0 Å². The minimum Gasteiger partial charge on any atom is -0.459 e. The monoisotopic (exact) mass is 439 g/mol. The normalized spacial score (nSPS) is 13.4. The number of aromatic amines is 1. The van der Waals surface area contributed by atoms with Crippen molar-refractivity contribution >= 4 is 27.5 Å². The summed E-state index contributed by atoms with van der Waals surface area (Å²) in [5, 5.41) is 10.7. The van der Waals surface area contributed by atoms with Gasteiger partial charge in [0.1, 0.15) is 15.5 Å². The second-order valence-electron chi connectivity index (χ2n) is 8.61. The molecule has 0 fully saturated rings. The fourth-order valence-electron chi connectivity index (χ4n) is 2.94. The maximum atomic E-state index is 12.7. The van der Waals surface area contributed by atoms with E-state index in [2.05, 4.69) is 9.97 Å². The number of carbonyl (C=O) groups is 1. The molecule has 168 valence electrons. The van der Waals surface area contributed by atoms with Gasteiger partial charge in [0.25, 0.3) is 5.56 Å². The fraction of sp³-hybridized carbons (Fsp3) is 0.667. The van der Waals surface area contributed by atoms with Crippen molar-refractivity contribution < 1.29 is 19.4 Å². The number of aromatic nitrogens is 2. The molecule has 2 aromatic heterocycles. The van der Waals surface area contributed by atoms with Crippen LogP contribution in [0.1, 0.15) is 62.6 Å². The molecule has 2 rings (SSSR count). The Labute approximate surface area is 181 Å². The van der Waals surface area contributed by atoms with E-state index >= 15 is 0 Å². The van der Waals surface area contributed by atoms with E-state index in [0.717, 1.165) is 0 Å². The summed E-state index contributed by atoms with van der Waals surface area (Å²) in [7, 11) is 0. The molecule has 2 aromatic rings. The van der Waals surface area contributed by atoms with Crippen molar-refractivity contribution in [3.8, 4) is 0 Å². The molecule has 1 unspecified atom stereocenters. The number of rotatable bonds is 9. The first-order valence-corrected chi connectivity index (χ1v) is 11.0. The number of carbonyl (C=O) groups excluding carboxylic acids is 1. The number of nitrogens with zero attached hydrogens (tertiary/aromatic N) is 2. The molecule has 0 aliphatic carbocycles. The predicted octanol–water partition coefficient (Wildman–Crippen LogP) is 2.86. The Morgan fingerprint density at radius 2 is 2.00 bits per heavy atom. The summed E-state index contributed by atoms with van der Waals surface area (Å²) < 4.78 is 10.9. The zero-order valence-corrected chi connectivity index (χ0v) is 19.7. The van der Waals surface area contributed by atoms with Crippen LogP contribution < -0.4 is 5.56 Å². The number of hydrogen-bond donors (Lipinski definition) is 2. The first-order chi connectivity index (χ1) is 13.9. The minimum absolute atomic E-state index is 0.231. The second kappa shape index (κ2) is 10.00. The van der Waals surface area contributed by atoms with Crippen molar-refractivity contribution in [2.45, 2.75) is 72.8 Å². The number of H-pyrrole nitrogens is 1. The van der Waals surface area contributed by atoms with Crippen molar-refractivity contribution in [2.75, 3.05) is 19.7 Å². The van der Waals surface area contributed by atoms with Crippen molar-refractivity contribution in [3.05, 3.63) is 26.6 Å². The summed E-state index contributed by atoms with van der Waals surface area (Å²) in [6.45, 7) is 14.8. The zero-order valence-electron chi connectivity index (χ0n) is 18.9. The highest BCUT2D eigenvalue weighted by Gasteiger charge is 2.22. The van der Waals surface area contributed by atoms with Crippen molar-refractivity contribution in [1.82, 2.24) is 14.9 Å². The lowest BCUT2D eigenvalue weighted by Crippen LogP contribution is -2.37. The standard InChI is InChI=1S/C21H33N3O5S/c1-8-24(9-14(25)11-28-21(5,6)7)10-15-22-18(26)16-13(4)17(30-19(16)23-15)20(27)29-12(2)3/h12,14,25H,8-11H2,1-7H3,(H,22,23,26). The number of esters is 1. The van der Waals surface area contributed by atoms with Crippen LogP contribution in [0.5, 0.6) is 0 Å². The van der Waals surface area contributed by atoms with Gasteiger partial charge in [-0.25, -0.2) is 9.78 Å². The molecule has 0 aromatic carbocycles. The van der Waals surface area contributed by atoms with Crippen LogP contribution in [0.15, 0.2) is 4.79 Å². The molecule has 2 N–H and O–H groups in total. The van der Waals surface area contributed by atoms with E-state index in [4.69, 9.17) is 9.47 Å². The Bertz CT molecular complexity index is 929. The van der Waals surface area contributed by atoms with Gasteiger partial charge in [0, 0.05) is 6.54 Å². The average Bonchev–Trinajstić information content (AvgIpc) is 2.95. The molecule has 0 radical (unpaired) electrons. The summed E-state index contributed by atoms with van der Waals surface area (Å²) in [6, 6.07) is 0. The molecule has 8 nitrogen and oxygen atoms in total. The van der Waals surface area contributed by atoms with Crippen LogP contribution in [0.3, 0.4) is 0 Å². The Hall–Kier alpha value is -1.81. The lowest BCUT2D eigenvalue weighted by molar-refractivity contribution is -0.0564. The Balaban J connectivity index is 2.19. The number of fused-ring (bicyclic) bond motifs is 1. The number of aliphatic hydroxyl groups is 1. The van der Waals surface area contributed by atoms with Crippen LogP contribution in [0.2, 0.25) is 0 Å². The summed E-state index contributed by atoms with van der Waals surface area (Å²) in [5.41, 5.74) is -0.00975. The summed E-state index contributed by atoms with van der Waals surface area (Å²) >= 11 is 1.17. The van der Waals surface area contributed by atoms with E-state index in [1.165, 1.54) is 11.3 Å². The van der Waals surface area contributed by atoms with Crippen molar-refractivity contribution in [3.63, 3.8) is 0 Å². The molecule has 9 heteroatoms. The molecule has 0 aliphatic rings. The SMILES string of the molecule is CCN(Cc1nc2sc(C(=O)OC(C)C)c(C)c2c(=O)[nH]1)CC(O)COC(C)(C)C. The largest absolute Gasteiger partial charge is 0.459 e. The van der Waals surface area contributed by atoms with Crippen LogP contribution in [0.4, 0.5) is 0 Å². The first kappa shape index (κ1) is 24.5. The maximum absolute atomic E-state index is 12.7. The molecule has 0 saturated carbocycles. The van der Waals surface area contributed by atoms with Crippen LogP contribution in [0.25, 0.3) is 10.2 Å². The quantitative estimate of drug-likeness (QED) is 0.579. The zero-order chi connectivity index (χ0) is 22.6. The van der Waals surface area contributed by atoms with Crippen LogP contribution in [-0.2, 0) is 16.0 Å². The van der Waals surface area contributed by atoms with E-state index < -0.39 is 12.1 Å². The third-order valence-corrected chi connectivity index (χ3v) is 5.54. The van der Waals surface area contributed by atoms with Gasteiger partial charge in [-0.2, -0.15) is 0 Å². The molecule has 0 amide bonds. The second-order valence-corrected chi connectivity index (χ2v) is 9.61. The van der Waals surface area contributed by atoms with Gasteiger partial charge in [-0.3, -0.25) is 9.69 Å². The number of ether oxygens (including phenoxy) is 2. The molecule has 0 bridgehead atoms.